The molecule has 0 aromatic heterocycles. The molecule has 53 heavy (non-hydrogen) atoms. The molecular weight excluding hydrogens is 699 g/mol. The molecule has 6 aliphatic rings. The number of rotatable bonds is 8. The number of hydrogen-bond acceptors (Lipinski definition) is 9. The van der Waals surface area contributed by atoms with Gasteiger partial charge in [0.05, 0.1) is 43.0 Å². The Morgan fingerprint density at radius 3 is 2.53 bits per heavy atom. The normalized spacial score (nSPS) is 32.0. The van der Waals surface area contributed by atoms with Crippen LogP contribution in [-0.4, -0.2) is 84.8 Å². The van der Waals surface area contributed by atoms with Crippen molar-refractivity contribution >= 4 is 45.6 Å². The van der Waals surface area contributed by atoms with Crippen molar-refractivity contribution in [3.8, 4) is 0 Å². The van der Waals surface area contributed by atoms with Crippen LogP contribution >= 0.6 is 0 Å². The number of benzene rings is 1. The summed E-state index contributed by atoms with van der Waals surface area (Å²) >= 11 is 0. The molecule has 7 rings (SSSR count). The summed E-state index contributed by atoms with van der Waals surface area (Å²) in [4.78, 5) is 73.4. The third-order valence-corrected chi connectivity index (χ3v) is 14.5. The van der Waals surface area contributed by atoms with Crippen molar-refractivity contribution in [3.63, 3.8) is 0 Å². The number of ketones is 2. The molecule has 3 heterocycles. The molecule has 4 bridgehead atoms. The molecule has 0 spiro atoms. The summed E-state index contributed by atoms with van der Waals surface area (Å²) in [6.45, 7) is 4.97. The van der Waals surface area contributed by atoms with Gasteiger partial charge in [0.1, 0.15) is 11.9 Å². The Balaban J connectivity index is 1.17. The number of nitrogens with zero attached hydrogens (tertiary/aromatic N) is 2. The van der Waals surface area contributed by atoms with Crippen LogP contribution in [0.15, 0.2) is 24.3 Å². The van der Waals surface area contributed by atoms with Crippen molar-refractivity contribution in [2.75, 3.05) is 19.8 Å². The molecule has 288 valence electrons. The molecule has 0 radical (unpaired) electrons. The number of Topliss-reactive ketones (excluding diaryl/α,β-unsaturated/α-hetero) is 2. The van der Waals surface area contributed by atoms with Gasteiger partial charge in [-0.2, -0.15) is 0 Å². The van der Waals surface area contributed by atoms with Crippen molar-refractivity contribution in [1.29, 1.82) is 0 Å². The maximum atomic E-state index is 14.8. The van der Waals surface area contributed by atoms with E-state index in [1.165, 1.54) is 4.90 Å². The van der Waals surface area contributed by atoms with Gasteiger partial charge in [0.25, 0.3) is 0 Å². The van der Waals surface area contributed by atoms with Gasteiger partial charge in [0.2, 0.25) is 21.8 Å². The van der Waals surface area contributed by atoms with Crippen LogP contribution in [0.3, 0.4) is 0 Å². The Kier molecular flexibility index (Phi) is 10.9. The fraction of sp³-hybridized carbons (Fsp3) is 0.675. The maximum Gasteiger partial charge on any atom is 0.410 e. The number of fused-ring (bicyclic) bond motifs is 3. The van der Waals surface area contributed by atoms with Gasteiger partial charge in [-0.25, -0.2) is 13.2 Å². The zero-order valence-corrected chi connectivity index (χ0v) is 31.7. The first kappa shape index (κ1) is 37.7. The van der Waals surface area contributed by atoms with Gasteiger partial charge < -0.3 is 14.4 Å². The summed E-state index contributed by atoms with van der Waals surface area (Å²) in [7, 11) is -3.82. The van der Waals surface area contributed by atoms with E-state index < -0.39 is 56.7 Å². The first-order valence-corrected chi connectivity index (χ1v) is 21.2. The Hall–Kier alpha value is -3.58. The van der Waals surface area contributed by atoms with E-state index in [0.29, 0.717) is 45.4 Å². The largest absolute Gasteiger partial charge is 0.444 e. The van der Waals surface area contributed by atoms with Crippen molar-refractivity contribution in [3.05, 3.63) is 41.0 Å². The minimum absolute atomic E-state index is 0.00169. The van der Waals surface area contributed by atoms with Crippen LogP contribution < -0.4 is 4.72 Å². The SMILES string of the molecule is CC[C@@H]1C[C@]1(CC(=O)[C@@H]1C[C@@H]2CN1C(=O)[C@H](C1CCCCC1)CC(=O)[C@@H](C)COC/C=C/c1cccc3c1CN(C3)C(=O)O2)C(=O)NS(=O)(=O)C1CC1. The van der Waals surface area contributed by atoms with E-state index in [9.17, 15) is 32.4 Å². The summed E-state index contributed by atoms with van der Waals surface area (Å²) < 4.78 is 39.8. The van der Waals surface area contributed by atoms with E-state index in [1.807, 2.05) is 44.2 Å². The minimum Gasteiger partial charge on any atom is -0.444 e. The second-order valence-corrected chi connectivity index (χ2v) is 18.3. The van der Waals surface area contributed by atoms with Crippen molar-refractivity contribution in [2.24, 2.45) is 29.1 Å². The topological polar surface area (TPSA) is 156 Å². The average molecular weight is 752 g/mol. The molecule has 3 aliphatic heterocycles. The van der Waals surface area contributed by atoms with Crippen LogP contribution in [0, 0.1) is 29.1 Å². The quantitative estimate of drug-likeness (QED) is 0.389. The predicted octanol–water partition coefficient (Wildman–Crippen LogP) is 4.93. The van der Waals surface area contributed by atoms with Crippen LogP contribution in [0.5, 0.6) is 0 Å². The predicted molar refractivity (Wildman–Crippen MR) is 195 cm³/mol. The molecule has 1 aromatic carbocycles. The molecular formula is C40H53N3O9S. The van der Waals surface area contributed by atoms with Gasteiger partial charge in [-0.15, -0.1) is 0 Å². The molecule has 1 N–H and O–H groups in total. The smallest absolute Gasteiger partial charge is 0.410 e. The lowest BCUT2D eigenvalue weighted by atomic mass is 9.76. The van der Waals surface area contributed by atoms with E-state index in [4.69, 9.17) is 9.47 Å². The Morgan fingerprint density at radius 2 is 1.81 bits per heavy atom. The standard InChI is InChI=1S/C40H53N3O9S/c1-3-29-19-40(29,38(47)41-53(49,50)31-14-15-31)20-36(45)34-17-30-22-43(34)37(46)32(26-9-5-4-6-10-26)18-35(44)25(2)24-51-16-8-13-27-11-7-12-28-21-42(23-33(27)28)39(48)52-30/h7-8,11-13,25-26,29-32,34H,3-6,9-10,14-24H2,1-2H3,(H,41,47)/b13-8+/t25-,29+,30+,32-,34-,40+/m0/s1. The Bertz CT molecular complexity index is 1770. The van der Waals surface area contributed by atoms with E-state index in [1.54, 1.807) is 4.90 Å². The number of sulfonamides is 1. The third-order valence-electron chi connectivity index (χ3n) is 12.7. The summed E-state index contributed by atoms with van der Waals surface area (Å²) in [5, 5.41) is -0.584. The van der Waals surface area contributed by atoms with E-state index in [0.717, 1.165) is 48.8 Å². The van der Waals surface area contributed by atoms with Crippen LogP contribution in [0.1, 0.15) is 108 Å². The first-order chi connectivity index (χ1) is 25.4. The van der Waals surface area contributed by atoms with Crippen molar-refractivity contribution in [2.45, 2.75) is 121 Å². The van der Waals surface area contributed by atoms with Crippen molar-refractivity contribution < 1.29 is 41.9 Å². The van der Waals surface area contributed by atoms with Crippen LogP contribution in [0.4, 0.5) is 4.79 Å². The van der Waals surface area contributed by atoms with Gasteiger partial charge in [0.15, 0.2) is 5.78 Å². The lowest BCUT2D eigenvalue weighted by molar-refractivity contribution is -0.146. The van der Waals surface area contributed by atoms with Gasteiger partial charge in [0, 0.05) is 37.6 Å². The molecule has 3 saturated carbocycles. The first-order valence-electron chi connectivity index (χ1n) is 19.6. The van der Waals surface area contributed by atoms with Gasteiger partial charge in [-0.1, -0.05) is 69.9 Å². The highest BCUT2D eigenvalue weighted by molar-refractivity contribution is 7.90. The van der Waals surface area contributed by atoms with E-state index in [2.05, 4.69) is 4.72 Å². The monoisotopic (exact) mass is 751 g/mol. The number of nitrogens with one attached hydrogen (secondary N) is 1. The molecule has 3 amide bonds. The Labute approximate surface area is 312 Å². The minimum atomic E-state index is -3.82. The molecule has 13 heteroatoms. The molecule has 12 nitrogen and oxygen atoms in total. The summed E-state index contributed by atoms with van der Waals surface area (Å²) in [5.74, 6) is -2.65. The highest BCUT2D eigenvalue weighted by Crippen LogP contribution is 2.58. The molecule has 0 unspecified atom stereocenters. The fourth-order valence-electron chi connectivity index (χ4n) is 9.20. The molecule has 1 saturated heterocycles. The second-order valence-electron chi connectivity index (χ2n) is 16.4. The average Bonchev–Trinajstić information content (AvgIpc) is 4.04. The van der Waals surface area contributed by atoms with E-state index >= 15 is 0 Å². The molecule has 1 aromatic rings. The molecule has 4 fully saturated rings. The van der Waals surface area contributed by atoms with Crippen molar-refractivity contribution in [1.82, 2.24) is 14.5 Å². The number of carbonyl (C=O) groups is 5. The van der Waals surface area contributed by atoms with Gasteiger partial charge >= 0.3 is 6.09 Å². The fourth-order valence-corrected chi connectivity index (χ4v) is 10.6. The van der Waals surface area contributed by atoms with E-state index in [-0.39, 0.29) is 61.7 Å². The van der Waals surface area contributed by atoms with Crippen LogP contribution in [0.25, 0.3) is 6.08 Å². The highest BCUT2D eigenvalue weighted by atomic mass is 32.2. The zero-order chi connectivity index (χ0) is 37.5. The Morgan fingerprint density at radius 1 is 1.04 bits per heavy atom. The zero-order valence-electron chi connectivity index (χ0n) is 30.9. The number of ether oxygens (including phenoxy) is 2. The van der Waals surface area contributed by atoms with Crippen LogP contribution in [-0.2, 0) is 51.8 Å². The van der Waals surface area contributed by atoms with Gasteiger partial charge in [-0.3, -0.25) is 28.8 Å². The van der Waals surface area contributed by atoms with Crippen LogP contribution in [0.2, 0.25) is 0 Å². The number of carbonyl (C=O) groups excluding carboxylic acids is 5. The molecule has 3 aliphatic carbocycles. The lowest BCUT2D eigenvalue weighted by Gasteiger charge is -2.34. The number of hydrogen-bond donors (Lipinski definition) is 1. The summed E-state index contributed by atoms with van der Waals surface area (Å²) in [6, 6.07) is 4.92. The molecule has 6 atom stereocenters. The lowest BCUT2D eigenvalue weighted by Crippen LogP contribution is -2.48. The maximum absolute atomic E-state index is 14.8. The summed E-state index contributed by atoms with van der Waals surface area (Å²) in [6.07, 6.45) is 9.00. The second kappa shape index (κ2) is 15.3. The third kappa shape index (κ3) is 7.97. The summed E-state index contributed by atoms with van der Waals surface area (Å²) in [5.41, 5.74) is 1.81. The number of amides is 3. The highest BCUT2D eigenvalue weighted by Gasteiger charge is 2.62. The van der Waals surface area contributed by atoms with Gasteiger partial charge in [-0.05, 0) is 60.6 Å².